The molecule has 0 bridgehead atoms. The monoisotopic (exact) mass is 268 g/mol. The number of methoxy groups -OCH3 is 1. The van der Waals surface area contributed by atoms with Crippen molar-refractivity contribution in [3.63, 3.8) is 0 Å². The van der Waals surface area contributed by atoms with Crippen LogP contribution in [0.3, 0.4) is 0 Å². The van der Waals surface area contributed by atoms with Gasteiger partial charge in [0.25, 0.3) is 0 Å². The molecular weight excluding hydrogens is 252 g/mol. The van der Waals surface area contributed by atoms with Gasteiger partial charge in [-0.25, -0.2) is 4.52 Å². The summed E-state index contributed by atoms with van der Waals surface area (Å²) in [5.41, 5.74) is 2.99. The highest BCUT2D eigenvalue weighted by atomic mass is 16.5. The predicted octanol–water partition coefficient (Wildman–Crippen LogP) is 2.05. The van der Waals surface area contributed by atoms with Crippen LogP contribution in [0.25, 0.3) is 5.52 Å². The van der Waals surface area contributed by atoms with Gasteiger partial charge >= 0.3 is 0 Å². The van der Waals surface area contributed by atoms with E-state index in [1.807, 2.05) is 54.3 Å². The molecule has 3 heterocycles. The molecule has 5 nitrogen and oxygen atoms in total. The van der Waals surface area contributed by atoms with Crippen LogP contribution in [-0.4, -0.2) is 28.8 Å². The van der Waals surface area contributed by atoms with Crippen molar-refractivity contribution < 1.29 is 4.74 Å². The van der Waals surface area contributed by atoms with Gasteiger partial charge in [-0.1, -0.05) is 6.07 Å². The van der Waals surface area contributed by atoms with Crippen LogP contribution in [0.1, 0.15) is 17.3 Å². The first-order chi connectivity index (χ1) is 9.85. The molecule has 0 aromatic carbocycles. The number of pyridine rings is 2. The van der Waals surface area contributed by atoms with Crippen LogP contribution in [0.15, 0.2) is 48.9 Å². The van der Waals surface area contributed by atoms with Gasteiger partial charge in [0, 0.05) is 18.0 Å². The number of aromatic nitrogens is 3. The van der Waals surface area contributed by atoms with Crippen molar-refractivity contribution in [3.05, 3.63) is 60.2 Å². The molecule has 0 saturated carbocycles. The molecule has 102 valence electrons. The molecule has 0 fully saturated rings. The molecule has 20 heavy (non-hydrogen) atoms. The third-order valence-corrected chi connectivity index (χ3v) is 3.35. The van der Waals surface area contributed by atoms with Gasteiger partial charge in [-0.05, 0) is 31.3 Å². The van der Waals surface area contributed by atoms with E-state index in [1.165, 1.54) is 0 Å². The lowest BCUT2D eigenvalue weighted by Gasteiger charge is -2.17. The average Bonchev–Trinajstić information content (AvgIpc) is 2.93. The summed E-state index contributed by atoms with van der Waals surface area (Å²) in [6.07, 6.45) is 5.57. The SMILES string of the molecule is CNC(c1ncccc1OC)c1cnn2ccccc12. The Morgan fingerprint density at radius 3 is 2.95 bits per heavy atom. The van der Waals surface area contributed by atoms with Crippen molar-refractivity contribution in [2.45, 2.75) is 6.04 Å². The molecule has 1 N–H and O–H groups in total. The van der Waals surface area contributed by atoms with Gasteiger partial charge in [-0.3, -0.25) is 4.98 Å². The summed E-state index contributed by atoms with van der Waals surface area (Å²) in [5, 5.41) is 7.67. The van der Waals surface area contributed by atoms with Crippen LogP contribution in [-0.2, 0) is 0 Å². The first-order valence-electron chi connectivity index (χ1n) is 6.43. The molecular formula is C15H16N4O. The Labute approximate surface area is 117 Å². The summed E-state index contributed by atoms with van der Waals surface area (Å²) in [6, 6.07) is 9.72. The molecule has 0 aliphatic heterocycles. The van der Waals surface area contributed by atoms with E-state index in [0.29, 0.717) is 0 Å². The zero-order valence-corrected chi connectivity index (χ0v) is 11.4. The maximum Gasteiger partial charge on any atom is 0.142 e. The van der Waals surface area contributed by atoms with Gasteiger partial charge in [-0.2, -0.15) is 5.10 Å². The van der Waals surface area contributed by atoms with Gasteiger partial charge in [0.1, 0.15) is 11.4 Å². The van der Waals surface area contributed by atoms with Crippen LogP contribution in [0.2, 0.25) is 0 Å². The van der Waals surface area contributed by atoms with Crippen LogP contribution < -0.4 is 10.1 Å². The topological polar surface area (TPSA) is 51.5 Å². The Morgan fingerprint density at radius 2 is 2.15 bits per heavy atom. The fourth-order valence-electron chi connectivity index (χ4n) is 2.41. The third-order valence-electron chi connectivity index (χ3n) is 3.35. The van der Waals surface area contributed by atoms with Gasteiger partial charge in [-0.15, -0.1) is 0 Å². The quantitative estimate of drug-likeness (QED) is 0.787. The normalized spacial score (nSPS) is 12.5. The van der Waals surface area contributed by atoms with E-state index >= 15 is 0 Å². The number of hydrogen-bond acceptors (Lipinski definition) is 4. The molecule has 3 aromatic heterocycles. The number of rotatable bonds is 4. The molecule has 0 saturated heterocycles. The smallest absolute Gasteiger partial charge is 0.142 e. The molecule has 0 spiro atoms. The van der Waals surface area contributed by atoms with E-state index in [1.54, 1.807) is 13.3 Å². The Kier molecular flexibility index (Phi) is 3.35. The highest BCUT2D eigenvalue weighted by Crippen LogP contribution is 2.29. The number of fused-ring (bicyclic) bond motifs is 1. The van der Waals surface area contributed by atoms with Crippen LogP contribution in [0.4, 0.5) is 0 Å². The Morgan fingerprint density at radius 1 is 1.25 bits per heavy atom. The van der Waals surface area contributed by atoms with Crippen molar-refractivity contribution in [3.8, 4) is 5.75 Å². The summed E-state index contributed by atoms with van der Waals surface area (Å²) in [6.45, 7) is 0. The van der Waals surface area contributed by atoms with E-state index in [9.17, 15) is 0 Å². The molecule has 3 rings (SSSR count). The summed E-state index contributed by atoms with van der Waals surface area (Å²) in [4.78, 5) is 4.46. The maximum absolute atomic E-state index is 5.41. The minimum absolute atomic E-state index is 0.0638. The van der Waals surface area contributed by atoms with Crippen LogP contribution in [0, 0.1) is 0 Å². The lowest BCUT2D eigenvalue weighted by molar-refractivity contribution is 0.402. The first-order valence-corrected chi connectivity index (χ1v) is 6.43. The molecule has 0 aliphatic rings. The molecule has 1 atom stereocenters. The second-order valence-corrected chi connectivity index (χ2v) is 4.44. The standard InChI is InChI=1S/C15H16N4O/c1-16-14(15-13(20-2)7-5-8-17-15)11-10-18-19-9-4-3-6-12(11)19/h3-10,14,16H,1-2H3. The summed E-state index contributed by atoms with van der Waals surface area (Å²) in [5.74, 6) is 0.766. The fourth-order valence-corrected chi connectivity index (χ4v) is 2.41. The number of hydrogen-bond donors (Lipinski definition) is 1. The molecule has 0 radical (unpaired) electrons. The zero-order valence-electron chi connectivity index (χ0n) is 11.4. The van der Waals surface area contributed by atoms with Crippen LogP contribution in [0.5, 0.6) is 5.75 Å². The van der Waals surface area contributed by atoms with Crippen molar-refractivity contribution >= 4 is 5.52 Å². The lowest BCUT2D eigenvalue weighted by Crippen LogP contribution is -2.19. The number of nitrogens with one attached hydrogen (secondary N) is 1. The van der Waals surface area contributed by atoms with Gasteiger partial charge in [0.05, 0.1) is 24.9 Å². The van der Waals surface area contributed by atoms with Crippen molar-refractivity contribution in [2.24, 2.45) is 0 Å². The second kappa shape index (κ2) is 5.30. The predicted molar refractivity (Wildman–Crippen MR) is 76.9 cm³/mol. The highest BCUT2D eigenvalue weighted by Gasteiger charge is 2.21. The van der Waals surface area contributed by atoms with Gasteiger partial charge in [0.2, 0.25) is 0 Å². The van der Waals surface area contributed by atoms with E-state index in [0.717, 1.165) is 22.5 Å². The van der Waals surface area contributed by atoms with E-state index in [4.69, 9.17) is 4.74 Å². The molecule has 0 aliphatic carbocycles. The fraction of sp³-hybridized carbons (Fsp3) is 0.200. The first kappa shape index (κ1) is 12.6. The summed E-state index contributed by atoms with van der Waals surface area (Å²) < 4.78 is 7.26. The Bertz CT molecular complexity index is 722. The van der Waals surface area contributed by atoms with Crippen molar-refractivity contribution in [1.82, 2.24) is 19.9 Å². The minimum Gasteiger partial charge on any atom is -0.495 e. The lowest BCUT2D eigenvalue weighted by atomic mass is 10.0. The maximum atomic E-state index is 5.41. The van der Waals surface area contributed by atoms with Gasteiger partial charge < -0.3 is 10.1 Å². The zero-order chi connectivity index (χ0) is 13.9. The molecule has 1 unspecified atom stereocenters. The summed E-state index contributed by atoms with van der Waals surface area (Å²) >= 11 is 0. The van der Waals surface area contributed by atoms with E-state index in [-0.39, 0.29) is 6.04 Å². The third kappa shape index (κ3) is 2.02. The van der Waals surface area contributed by atoms with Crippen LogP contribution >= 0.6 is 0 Å². The number of ether oxygens (including phenoxy) is 1. The van der Waals surface area contributed by atoms with Crippen molar-refractivity contribution in [1.29, 1.82) is 0 Å². The van der Waals surface area contributed by atoms with Crippen molar-refractivity contribution in [2.75, 3.05) is 14.2 Å². The summed E-state index contributed by atoms with van der Waals surface area (Å²) in [7, 11) is 3.56. The molecule has 3 aromatic rings. The van der Waals surface area contributed by atoms with E-state index in [2.05, 4.69) is 15.4 Å². The Balaban J connectivity index is 2.14. The second-order valence-electron chi connectivity index (χ2n) is 4.44. The minimum atomic E-state index is -0.0638. The van der Waals surface area contributed by atoms with E-state index < -0.39 is 0 Å². The largest absolute Gasteiger partial charge is 0.495 e. The molecule has 5 heteroatoms. The Hall–Kier alpha value is -2.40. The molecule has 0 amide bonds. The average molecular weight is 268 g/mol. The highest BCUT2D eigenvalue weighted by molar-refractivity contribution is 5.57. The number of nitrogens with zero attached hydrogens (tertiary/aromatic N) is 3. The van der Waals surface area contributed by atoms with Gasteiger partial charge in [0.15, 0.2) is 0 Å².